The Morgan fingerprint density at radius 1 is 1.08 bits per heavy atom. The molecule has 4 rings (SSSR count). The SMILES string of the molecule is CCOc1cc(-c2ccc(NC(=O)Nc3ccc(OC4(C)COC4)c(C(F)(F)F)c3)cc2F)c[nH]c1=O. The number of hydrogen-bond donors (Lipinski definition) is 3. The average molecular weight is 521 g/mol. The number of hydrogen-bond acceptors (Lipinski definition) is 5. The van der Waals surface area contributed by atoms with Crippen molar-refractivity contribution >= 4 is 17.4 Å². The van der Waals surface area contributed by atoms with Crippen LogP contribution in [0.1, 0.15) is 19.4 Å². The van der Waals surface area contributed by atoms with Crippen LogP contribution in [-0.4, -0.2) is 36.4 Å². The number of pyridine rings is 1. The molecular formula is C25H23F4N3O5. The predicted molar refractivity (Wildman–Crippen MR) is 128 cm³/mol. The number of halogens is 4. The third-order valence-corrected chi connectivity index (χ3v) is 5.42. The van der Waals surface area contributed by atoms with Crippen molar-refractivity contribution in [1.82, 2.24) is 4.98 Å². The lowest BCUT2D eigenvalue weighted by atomic mass is 10.0. The van der Waals surface area contributed by atoms with E-state index in [1.165, 1.54) is 30.5 Å². The number of carbonyl (C=O) groups excluding carboxylic acids is 1. The maximum absolute atomic E-state index is 14.8. The van der Waals surface area contributed by atoms with Gasteiger partial charge in [0.25, 0.3) is 5.56 Å². The molecule has 0 atom stereocenters. The van der Waals surface area contributed by atoms with Crippen molar-refractivity contribution in [3.8, 4) is 22.6 Å². The van der Waals surface area contributed by atoms with E-state index in [0.717, 1.165) is 18.2 Å². The van der Waals surface area contributed by atoms with Gasteiger partial charge >= 0.3 is 12.2 Å². The molecule has 196 valence electrons. The Labute approximate surface area is 208 Å². The minimum absolute atomic E-state index is 0.0331. The smallest absolute Gasteiger partial charge is 0.420 e. The third kappa shape index (κ3) is 6.02. The summed E-state index contributed by atoms with van der Waals surface area (Å²) in [6, 6.07) is 7.49. The Hall–Kier alpha value is -4.06. The van der Waals surface area contributed by atoms with Crippen LogP contribution in [0.3, 0.4) is 0 Å². The van der Waals surface area contributed by atoms with Crippen molar-refractivity contribution in [3.05, 3.63) is 70.4 Å². The van der Waals surface area contributed by atoms with Gasteiger partial charge in [0.05, 0.1) is 25.4 Å². The van der Waals surface area contributed by atoms with Gasteiger partial charge in [-0.1, -0.05) is 0 Å². The Kier molecular flexibility index (Phi) is 7.12. The van der Waals surface area contributed by atoms with Gasteiger partial charge in [-0.15, -0.1) is 0 Å². The zero-order valence-corrected chi connectivity index (χ0v) is 19.8. The predicted octanol–water partition coefficient (Wildman–Crippen LogP) is 5.41. The van der Waals surface area contributed by atoms with Crippen LogP contribution >= 0.6 is 0 Å². The molecule has 2 aromatic carbocycles. The van der Waals surface area contributed by atoms with Crippen LogP contribution < -0.4 is 25.7 Å². The molecule has 0 spiro atoms. The van der Waals surface area contributed by atoms with E-state index < -0.39 is 34.7 Å². The Bertz CT molecular complexity index is 1370. The fraction of sp³-hybridized carbons (Fsp3) is 0.280. The van der Waals surface area contributed by atoms with Gasteiger partial charge in [-0.2, -0.15) is 13.2 Å². The van der Waals surface area contributed by atoms with Crippen LogP contribution in [0.15, 0.2) is 53.5 Å². The number of carbonyl (C=O) groups is 1. The number of rotatable bonds is 7. The average Bonchev–Trinajstić information content (AvgIpc) is 2.80. The minimum atomic E-state index is -4.73. The number of alkyl halides is 3. The molecule has 2 amide bonds. The number of ether oxygens (including phenoxy) is 3. The summed E-state index contributed by atoms with van der Waals surface area (Å²) in [5.74, 6) is -1.05. The van der Waals surface area contributed by atoms with Gasteiger partial charge in [-0.05, 0) is 56.3 Å². The fourth-order valence-electron chi connectivity index (χ4n) is 3.63. The highest BCUT2D eigenvalue weighted by atomic mass is 19.4. The number of anilines is 2. The van der Waals surface area contributed by atoms with Gasteiger partial charge in [-0.3, -0.25) is 4.79 Å². The van der Waals surface area contributed by atoms with Gasteiger partial charge in [0.2, 0.25) is 0 Å². The monoisotopic (exact) mass is 521 g/mol. The Balaban J connectivity index is 1.48. The molecule has 12 heteroatoms. The molecular weight excluding hydrogens is 498 g/mol. The van der Waals surface area contributed by atoms with Crippen LogP contribution in [-0.2, 0) is 10.9 Å². The molecule has 0 saturated carbocycles. The molecule has 1 fully saturated rings. The molecule has 1 aliphatic rings. The summed E-state index contributed by atoms with van der Waals surface area (Å²) >= 11 is 0. The lowest BCUT2D eigenvalue weighted by molar-refractivity contribution is -0.160. The number of nitrogens with one attached hydrogen (secondary N) is 3. The van der Waals surface area contributed by atoms with Gasteiger partial charge < -0.3 is 29.8 Å². The zero-order valence-electron chi connectivity index (χ0n) is 19.8. The van der Waals surface area contributed by atoms with E-state index in [4.69, 9.17) is 14.2 Å². The number of amides is 2. The molecule has 2 heterocycles. The first kappa shape index (κ1) is 26.0. The molecule has 0 aliphatic carbocycles. The first-order chi connectivity index (χ1) is 17.5. The first-order valence-corrected chi connectivity index (χ1v) is 11.2. The molecule has 1 saturated heterocycles. The molecule has 0 radical (unpaired) electrons. The summed E-state index contributed by atoms with van der Waals surface area (Å²) in [7, 11) is 0. The van der Waals surface area contributed by atoms with Crippen molar-refractivity contribution < 1.29 is 36.6 Å². The topological polar surface area (TPSA) is 102 Å². The van der Waals surface area contributed by atoms with Crippen molar-refractivity contribution in [2.45, 2.75) is 25.6 Å². The van der Waals surface area contributed by atoms with Crippen molar-refractivity contribution in [3.63, 3.8) is 0 Å². The molecule has 1 aromatic heterocycles. The second-order valence-electron chi connectivity index (χ2n) is 8.54. The summed E-state index contributed by atoms with van der Waals surface area (Å²) in [6.45, 7) is 3.92. The van der Waals surface area contributed by atoms with Crippen molar-refractivity contribution in [2.24, 2.45) is 0 Å². The lowest BCUT2D eigenvalue weighted by Crippen LogP contribution is -2.51. The van der Waals surface area contributed by atoms with Crippen molar-refractivity contribution in [1.29, 1.82) is 0 Å². The lowest BCUT2D eigenvalue weighted by Gasteiger charge is -2.38. The normalized spacial score (nSPS) is 14.4. The largest absolute Gasteiger partial charge is 0.488 e. The van der Waals surface area contributed by atoms with Gasteiger partial charge in [0.15, 0.2) is 11.4 Å². The molecule has 0 unspecified atom stereocenters. The number of aromatic amines is 1. The second-order valence-corrected chi connectivity index (χ2v) is 8.54. The van der Waals surface area contributed by atoms with E-state index in [1.54, 1.807) is 13.8 Å². The second kappa shape index (κ2) is 10.1. The maximum atomic E-state index is 14.8. The van der Waals surface area contributed by atoms with Crippen LogP contribution in [0.5, 0.6) is 11.5 Å². The number of urea groups is 1. The Morgan fingerprint density at radius 2 is 1.76 bits per heavy atom. The summed E-state index contributed by atoms with van der Waals surface area (Å²) < 4.78 is 71.4. The van der Waals surface area contributed by atoms with E-state index in [2.05, 4.69) is 15.6 Å². The first-order valence-electron chi connectivity index (χ1n) is 11.2. The Morgan fingerprint density at radius 3 is 2.35 bits per heavy atom. The zero-order chi connectivity index (χ0) is 26.8. The van der Waals surface area contributed by atoms with E-state index in [9.17, 15) is 27.2 Å². The number of benzene rings is 2. The van der Waals surface area contributed by atoms with Gasteiger partial charge in [0.1, 0.15) is 11.6 Å². The molecule has 37 heavy (non-hydrogen) atoms. The third-order valence-electron chi connectivity index (χ3n) is 5.42. The van der Waals surface area contributed by atoms with Gasteiger partial charge in [-0.25, -0.2) is 9.18 Å². The molecule has 3 aromatic rings. The maximum Gasteiger partial charge on any atom is 0.420 e. The van der Waals surface area contributed by atoms with E-state index in [-0.39, 0.29) is 48.3 Å². The number of H-pyrrole nitrogens is 1. The standard InChI is InChI=1S/C25H23F4N3O5/c1-3-36-21-8-14(11-30-22(21)33)17-6-4-16(10-19(17)26)32-23(34)31-15-5-7-20(18(9-15)25(27,28)29)37-24(2)12-35-13-24/h4-11H,3,12-13H2,1-2H3,(H,30,33)(H2,31,32,34). The summed E-state index contributed by atoms with van der Waals surface area (Å²) in [5, 5.41) is 4.68. The number of aromatic nitrogens is 1. The van der Waals surface area contributed by atoms with E-state index >= 15 is 0 Å². The molecule has 0 bridgehead atoms. The highest BCUT2D eigenvalue weighted by molar-refractivity contribution is 6.00. The quantitative estimate of drug-likeness (QED) is 0.361. The summed E-state index contributed by atoms with van der Waals surface area (Å²) in [4.78, 5) is 26.6. The molecule has 3 N–H and O–H groups in total. The van der Waals surface area contributed by atoms with E-state index in [1.807, 2.05) is 0 Å². The van der Waals surface area contributed by atoms with Crippen LogP contribution in [0.25, 0.3) is 11.1 Å². The molecule has 8 nitrogen and oxygen atoms in total. The highest BCUT2D eigenvalue weighted by Gasteiger charge is 2.40. The molecule has 1 aliphatic heterocycles. The van der Waals surface area contributed by atoms with E-state index in [0.29, 0.717) is 5.56 Å². The van der Waals surface area contributed by atoms with Crippen molar-refractivity contribution in [2.75, 3.05) is 30.5 Å². The fourth-order valence-corrected chi connectivity index (χ4v) is 3.63. The van der Waals surface area contributed by atoms with Crippen LogP contribution in [0, 0.1) is 5.82 Å². The summed E-state index contributed by atoms with van der Waals surface area (Å²) in [6.07, 6.45) is -3.40. The minimum Gasteiger partial charge on any atom is -0.488 e. The van der Waals surface area contributed by atoms with Crippen LogP contribution in [0.4, 0.5) is 33.7 Å². The highest BCUT2D eigenvalue weighted by Crippen LogP contribution is 2.40. The van der Waals surface area contributed by atoms with Crippen LogP contribution in [0.2, 0.25) is 0 Å². The van der Waals surface area contributed by atoms with Gasteiger partial charge in [0, 0.05) is 28.7 Å². The summed E-state index contributed by atoms with van der Waals surface area (Å²) in [5.41, 5.74) is -1.97.